The van der Waals surface area contributed by atoms with Crippen molar-refractivity contribution in [3.8, 4) is 0 Å². The highest BCUT2D eigenvalue weighted by Crippen LogP contribution is 2.22. The average molecular weight is 435 g/mol. The number of aromatic nitrogens is 1. The maximum Gasteiger partial charge on any atom is 0.326 e. The number of nitrogens with one attached hydrogen (secondary N) is 2. The molecule has 0 unspecified atom stereocenters. The number of ketones is 1. The van der Waals surface area contributed by atoms with Gasteiger partial charge in [-0.2, -0.15) is 0 Å². The van der Waals surface area contributed by atoms with Gasteiger partial charge >= 0.3 is 6.03 Å². The molecule has 3 amide bonds. The van der Waals surface area contributed by atoms with Crippen LogP contribution in [0.2, 0.25) is 0 Å². The van der Waals surface area contributed by atoms with Crippen molar-refractivity contribution in [1.29, 1.82) is 0 Å². The van der Waals surface area contributed by atoms with Crippen LogP contribution in [-0.4, -0.2) is 22.7 Å². The SMILES string of the molecule is CC(=O)c1ccc2nc(/C=C/c3ccccc3)cc(C(=O)NC(=O)Nc3ccccc3)c2c1. The van der Waals surface area contributed by atoms with Gasteiger partial charge in [0.25, 0.3) is 5.91 Å². The largest absolute Gasteiger partial charge is 0.326 e. The molecule has 0 saturated heterocycles. The van der Waals surface area contributed by atoms with Gasteiger partial charge in [-0.15, -0.1) is 0 Å². The van der Waals surface area contributed by atoms with Crippen LogP contribution in [0.5, 0.6) is 0 Å². The Labute approximate surface area is 191 Å². The summed E-state index contributed by atoms with van der Waals surface area (Å²) in [6.07, 6.45) is 3.69. The average Bonchev–Trinajstić information content (AvgIpc) is 2.83. The number of hydrogen-bond donors (Lipinski definition) is 2. The number of carbonyl (C=O) groups is 3. The Morgan fingerprint density at radius 1 is 0.818 bits per heavy atom. The van der Waals surface area contributed by atoms with Gasteiger partial charge in [-0.05, 0) is 55.0 Å². The molecule has 0 aliphatic rings. The molecule has 1 heterocycles. The Balaban J connectivity index is 1.69. The monoisotopic (exact) mass is 435 g/mol. The number of fused-ring (bicyclic) bond motifs is 1. The molecular formula is C27H21N3O3. The van der Waals surface area contributed by atoms with Gasteiger partial charge in [0.1, 0.15) is 0 Å². The summed E-state index contributed by atoms with van der Waals surface area (Å²) in [6, 6.07) is 24.5. The second-order valence-corrected chi connectivity index (χ2v) is 7.40. The number of pyridine rings is 1. The molecule has 0 atom stereocenters. The van der Waals surface area contributed by atoms with E-state index in [2.05, 4.69) is 15.6 Å². The van der Waals surface area contributed by atoms with Crippen molar-refractivity contribution in [1.82, 2.24) is 10.3 Å². The summed E-state index contributed by atoms with van der Waals surface area (Å²) in [7, 11) is 0. The number of urea groups is 1. The summed E-state index contributed by atoms with van der Waals surface area (Å²) in [6.45, 7) is 1.46. The van der Waals surface area contributed by atoms with Crippen molar-refractivity contribution < 1.29 is 14.4 Å². The number of amides is 3. The van der Waals surface area contributed by atoms with E-state index in [1.54, 1.807) is 54.6 Å². The Bertz CT molecular complexity index is 1360. The van der Waals surface area contributed by atoms with E-state index in [-0.39, 0.29) is 11.3 Å². The van der Waals surface area contributed by atoms with E-state index >= 15 is 0 Å². The van der Waals surface area contributed by atoms with E-state index < -0.39 is 11.9 Å². The Morgan fingerprint density at radius 3 is 2.21 bits per heavy atom. The second-order valence-electron chi connectivity index (χ2n) is 7.40. The zero-order chi connectivity index (χ0) is 23.2. The molecule has 3 aromatic carbocycles. The van der Waals surface area contributed by atoms with Crippen LogP contribution >= 0.6 is 0 Å². The van der Waals surface area contributed by atoms with E-state index in [1.165, 1.54) is 6.92 Å². The molecule has 2 N–H and O–H groups in total. The number of para-hydroxylation sites is 1. The van der Waals surface area contributed by atoms with E-state index in [0.29, 0.717) is 27.8 Å². The molecule has 0 bridgehead atoms. The Kier molecular flexibility index (Phi) is 6.36. The van der Waals surface area contributed by atoms with E-state index in [9.17, 15) is 14.4 Å². The van der Waals surface area contributed by atoms with Crippen molar-refractivity contribution in [2.24, 2.45) is 0 Å². The first kappa shape index (κ1) is 21.6. The molecule has 0 aliphatic carbocycles. The lowest BCUT2D eigenvalue weighted by Crippen LogP contribution is -2.34. The van der Waals surface area contributed by atoms with Gasteiger partial charge in [0.05, 0.1) is 16.8 Å². The topological polar surface area (TPSA) is 88.2 Å². The third-order valence-corrected chi connectivity index (χ3v) is 4.98. The first-order valence-corrected chi connectivity index (χ1v) is 10.4. The van der Waals surface area contributed by atoms with Gasteiger partial charge in [-0.25, -0.2) is 9.78 Å². The number of hydrogen-bond acceptors (Lipinski definition) is 4. The third kappa shape index (κ3) is 5.37. The van der Waals surface area contributed by atoms with Crippen LogP contribution in [0.4, 0.5) is 10.5 Å². The number of anilines is 1. The van der Waals surface area contributed by atoms with Crippen molar-refractivity contribution in [2.75, 3.05) is 5.32 Å². The number of benzene rings is 3. The zero-order valence-electron chi connectivity index (χ0n) is 17.9. The molecule has 162 valence electrons. The van der Waals surface area contributed by atoms with Crippen molar-refractivity contribution in [2.45, 2.75) is 6.92 Å². The van der Waals surface area contributed by atoms with E-state index in [4.69, 9.17) is 0 Å². The second kappa shape index (κ2) is 9.70. The molecule has 1 aromatic heterocycles. The maximum atomic E-state index is 13.1. The van der Waals surface area contributed by atoms with Gasteiger partial charge in [-0.3, -0.25) is 14.9 Å². The number of carbonyl (C=O) groups excluding carboxylic acids is 3. The standard InChI is InChI=1S/C27H21N3O3/c1-18(31)20-13-15-25-23(16-20)24(17-22(28-25)14-12-19-8-4-2-5-9-19)26(32)30-27(33)29-21-10-6-3-7-11-21/h2-17H,1H3,(H2,29,30,32,33)/b14-12+. The lowest BCUT2D eigenvalue weighted by molar-refractivity contribution is 0.0966. The minimum Gasteiger partial charge on any atom is -0.308 e. The van der Waals surface area contributed by atoms with E-state index in [1.807, 2.05) is 42.5 Å². The highest BCUT2D eigenvalue weighted by Gasteiger charge is 2.16. The van der Waals surface area contributed by atoms with Crippen molar-refractivity contribution in [3.05, 3.63) is 107 Å². The van der Waals surface area contributed by atoms with Crippen molar-refractivity contribution >= 4 is 46.5 Å². The predicted molar refractivity (Wildman–Crippen MR) is 130 cm³/mol. The molecule has 0 radical (unpaired) electrons. The summed E-state index contributed by atoms with van der Waals surface area (Å²) in [4.78, 5) is 41.9. The minimum atomic E-state index is -0.653. The van der Waals surface area contributed by atoms with Crippen LogP contribution in [0.15, 0.2) is 84.9 Å². The Hall–Kier alpha value is -4.58. The highest BCUT2D eigenvalue weighted by atomic mass is 16.2. The Morgan fingerprint density at radius 2 is 1.52 bits per heavy atom. The number of imide groups is 1. The van der Waals surface area contributed by atoms with Crippen LogP contribution in [0.1, 0.15) is 38.9 Å². The number of nitrogens with zero attached hydrogens (tertiary/aromatic N) is 1. The molecule has 0 aliphatic heterocycles. The zero-order valence-corrected chi connectivity index (χ0v) is 17.9. The minimum absolute atomic E-state index is 0.127. The quantitative estimate of drug-likeness (QED) is 0.401. The molecule has 0 fully saturated rings. The molecule has 33 heavy (non-hydrogen) atoms. The molecule has 6 heteroatoms. The predicted octanol–water partition coefficient (Wildman–Crippen LogP) is 5.57. The van der Waals surface area contributed by atoms with Crippen LogP contribution in [0, 0.1) is 0 Å². The fourth-order valence-electron chi connectivity index (χ4n) is 3.34. The number of rotatable bonds is 5. The molecule has 0 spiro atoms. The summed E-state index contributed by atoms with van der Waals surface area (Å²) >= 11 is 0. The summed E-state index contributed by atoms with van der Waals surface area (Å²) in [5.41, 5.74) is 3.35. The van der Waals surface area contributed by atoms with Gasteiger partial charge < -0.3 is 5.32 Å². The molecule has 0 saturated carbocycles. The van der Waals surface area contributed by atoms with E-state index in [0.717, 1.165) is 5.56 Å². The normalized spacial score (nSPS) is 10.8. The van der Waals surface area contributed by atoms with Crippen LogP contribution < -0.4 is 10.6 Å². The first-order chi connectivity index (χ1) is 16.0. The van der Waals surface area contributed by atoms with Gasteiger partial charge in [-0.1, -0.05) is 54.6 Å². The smallest absolute Gasteiger partial charge is 0.308 e. The fraction of sp³-hybridized carbons (Fsp3) is 0.0370. The lowest BCUT2D eigenvalue weighted by Gasteiger charge is -2.10. The summed E-state index contributed by atoms with van der Waals surface area (Å²) in [5, 5.41) is 5.48. The fourth-order valence-corrected chi connectivity index (χ4v) is 3.34. The molecule has 4 aromatic rings. The molecule has 4 rings (SSSR count). The first-order valence-electron chi connectivity index (χ1n) is 10.4. The lowest BCUT2D eigenvalue weighted by atomic mass is 10.0. The highest BCUT2D eigenvalue weighted by molar-refractivity contribution is 6.14. The molecular weight excluding hydrogens is 414 g/mol. The van der Waals surface area contributed by atoms with Crippen molar-refractivity contribution in [3.63, 3.8) is 0 Å². The summed E-state index contributed by atoms with van der Waals surface area (Å²) < 4.78 is 0. The van der Waals surface area contributed by atoms with Crippen LogP contribution in [-0.2, 0) is 0 Å². The summed E-state index contributed by atoms with van der Waals surface area (Å²) in [5.74, 6) is -0.718. The maximum absolute atomic E-state index is 13.1. The van der Waals surface area contributed by atoms with Crippen LogP contribution in [0.3, 0.4) is 0 Å². The number of Topliss-reactive ketones (excluding diaryl/α,β-unsaturated/α-hetero) is 1. The van der Waals surface area contributed by atoms with Gasteiger partial charge in [0, 0.05) is 16.6 Å². The van der Waals surface area contributed by atoms with Crippen LogP contribution in [0.25, 0.3) is 23.1 Å². The third-order valence-electron chi connectivity index (χ3n) is 4.98. The molecule has 6 nitrogen and oxygen atoms in total. The van der Waals surface area contributed by atoms with Gasteiger partial charge in [0.2, 0.25) is 0 Å². The van der Waals surface area contributed by atoms with Gasteiger partial charge in [0.15, 0.2) is 5.78 Å².